The van der Waals surface area contributed by atoms with E-state index in [2.05, 4.69) is 69.0 Å². The summed E-state index contributed by atoms with van der Waals surface area (Å²) >= 11 is 0. The normalized spacial score (nSPS) is 12.7. The minimum Gasteiger partial charge on any atom is -0.356 e. The molecule has 0 bridgehead atoms. The number of anilines is 1. The molecule has 0 fully saturated rings. The molecule has 29 heavy (non-hydrogen) atoms. The molecule has 6 nitrogen and oxygen atoms in total. The molecule has 1 atom stereocenters. The summed E-state index contributed by atoms with van der Waals surface area (Å²) in [6.45, 7) is 5.66. The van der Waals surface area contributed by atoms with Crippen LogP contribution in [0.3, 0.4) is 0 Å². The molecule has 0 spiro atoms. The van der Waals surface area contributed by atoms with E-state index >= 15 is 0 Å². The SMILES string of the molecule is CN=C(NCCNc1nccc(C(F)(F)F)n1)NCC(C)c1ccc(C)cc1.I. The second-order valence-electron chi connectivity index (χ2n) is 6.38. The first kappa shape index (κ1) is 24.9. The summed E-state index contributed by atoms with van der Waals surface area (Å²) < 4.78 is 37.9. The number of halogens is 4. The number of aryl methyl sites for hydroxylation is 1. The Balaban J connectivity index is 0.00000420. The van der Waals surface area contributed by atoms with Gasteiger partial charge in [0.25, 0.3) is 0 Å². The van der Waals surface area contributed by atoms with Gasteiger partial charge in [0.15, 0.2) is 5.96 Å². The molecule has 0 saturated heterocycles. The number of hydrogen-bond donors (Lipinski definition) is 3. The van der Waals surface area contributed by atoms with E-state index in [4.69, 9.17) is 0 Å². The monoisotopic (exact) mass is 522 g/mol. The van der Waals surface area contributed by atoms with Gasteiger partial charge in [-0.15, -0.1) is 24.0 Å². The van der Waals surface area contributed by atoms with Gasteiger partial charge in [-0.25, -0.2) is 9.97 Å². The van der Waals surface area contributed by atoms with E-state index in [9.17, 15) is 13.2 Å². The number of nitrogens with one attached hydrogen (secondary N) is 3. The summed E-state index contributed by atoms with van der Waals surface area (Å²) in [5.41, 5.74) is 1.48. The Hall–Kier alpha value is -2.11. The van der Waals surface area contributed by atoms with Gasteiger partial charge in [-0.3, -0.25) is 4.99 Å². The predicted molar refractivity (Wildman–Crippen MR) is 120 cm³/mol. The molecule has 1 aromatic carbocycles. The van der Waals surface area contributed by atoms with Crippen LogP contribution in [0.15, 0.2) is 41.5 Å². The van der Waals surface area contributed by atoms with Crippen LogP contribution in [0.4, 0.5) is 19.1 Å². The Morgan fingerprint density at radius 2 is 1.79 bits per heavy atom. The topological polar surface area (TPSA) is 74.2 Å². The lowest BCUT2D eigenvalue weighted by atomic mass is 10.0. The number of hydrogen-bond acceptors (Lipinski definition) is 4. The van der Waals surface area contributed by atoms with Crippen LogP contribution >= 0.6 is 24.0 Å². The van der Waals surface area contributed by atoms with Crippen LogP contribution in [0.5, 0.6) is 0 Å². The lowest BCUT2D eigenvalue weighted by Crippen LogP contribution is -2.41. The third kappa shape index (κ3) is 8.42. The molecule has 10 heteroatoms. The second-order valence-corrected chi connectivity index (χ2v) is 6.38. The van der Waals surface area contributed by atoms with Crippen molar-refractivity contribution >= 4 is 35.9 Å². The molecule has 0 aliphatic heterocycles. The highest BCUT2D eigenvalue weighted by atomic mass is 127. The Bertz CT molecular complexity index is 780. The summed E-state index contributed by atoms with van der Waals surface area (Å²) in [5.74, 6) is 0.856. The van der Waals surface area contributed by atoms with Gasteiger partial charge < -0.3 is 16.0 Å². The van der Waals surface area contributed by atoms with E-state index in [0.717, 1.165) is 12.3 Å². The van der Waals surface area contributed by atoms with E-state index in [1.807, 2.05) is 0 Å². The highest BCUT2D eigenvalue weighted by Crippen LogP contribution is 2.27. The highest BCUT2D eigenvalue weighted by molar-refractivity contribution is 14.0. The highest BCUT2D eigenvalue weighted by Gasteiger charge is 2.32. The lowest BCUT2D eigenvalue weighted by Gasteiger charge is -2.17. The number of aromatic nitrogens is 2. The first-order valence-electron chi connectivity index (χ1n) is 8.95. The molecule has 0 aliphatic rings. The van der Waals surface area contributed by atoms with Crippen molar-refractivity contribution in [1.82, 2.24) is 20.6 Å². The van der Waals surface area contributed by atoms with Crippen molar-refractivity contribution in [3.05, 3.63) is 53.3 Å². The zero-order valence-corrected chi connectivity index (χ0v) is 18.9. The van der Waals surface area contributed by atoms with Crippen molar-refractivity contribution in [2.75, 3.05) is 32.0 Å². The van der Waals surface area contributed by atoms with Crippen LogP contribution < -0.4 is 16.0 Å². The van der Waals surface area contributed by atoms with Gasteiger partial charge in [-0.1, -0.05) is 36.8 Å². The van der Waals surface area contributed by atoms with Crippen molar-refractivity contribution < 1.29 is 13.2 Å². The summed E-state index contributed by atoms with van der Waals surface area (Å²) in [7, 11) is 1.66. The number of guanidine groups is 1. The largest absolute Gasteiger partial charge is 0.433 e. The molecule has 1 aromatic heterocycles. The third-order valence-electron chi connectivity index (χ3n) is 4.09. The van der Waals surface area contributed by atoms with Gasteiger partial charge in [0.05, 0.1) is 0 Å². The molecular weight excluding hydrogens is 496 g/mol. The zero-order valence-electron chi connectivity index (χ0n) is 16.5. The van der Waals surface area contributed by atoms with Gasteiger partial charge in [0, 0.05) is 32.9 Å². The van der Waals surface area contributed by atoms with Crippen LogP contribution in [0, 0.1) is 6.92 Å². The average Bonchev–Trinajstić information content (AvgIpc) is 2.67. The molecule has 1 unspecified atom stereocenters. The van der Waals surface area contributed by atoms with Crippen LogP contribution in [-0.4, -0.2) is 42.6 Å². The van der Waals surface area contributed by atoms with Crippen LogP contribution in [-0.2, 0) is 6.18 Å². The van der Waals surface area contributed by atoms with Gasteiger partial charge in [0.2, 0.25) is 5.95 Å². The fourth-order valence-corrected chi connectivity index (χ4v) is 2.44. The molecule has 2 rings (SSSR count). The van der Waals surface area contributed by atoms with Crippen LogP contribution in [0.25, 0.3) is 0 Å². The maximum absolute atomic E-state index is 12.6. The number of rotatable bonds is 7. The first-order valence-corrected chi connectivity index (χ1v) is 8.95. The summed E-state index contributed by atoms with van der Waals surface area (Å²) in [6.07, 6.45) is -3.41. The second kappa shape index (κ2) is 11.8. The van der Waals surface area contributed by atoms with Crippen molar-refractivity contribution in [2.45, 2.75) is 25.9 Å². The number of nitrogens with zero attached hydrogens (tertiary/aromatic N) is 3. The van der Waals surface area contributed by atoms with E-state index in [1.54, 1.807) is 7.05 Å². The minimum absolute atomic E-state index is 0. The number of aliphatic imine (C=N–C) groups is 1. The van der Waals surface area contributed by atoms with Gasteiger partial charge >= 0.3 is 6.18 Å². The fraction of sp³-hybridized carbons (Fsp3) is 0.421. The third-order valence-corrected chi connectivity index (χ3v) is 4.09. The minimum atomic E-state index is -4.49. The van der Waals surface area contributed by atoms with E-state index in [0.29, 0.717) is 31.5 Å². The Morgan fingerprint density at radius 3 is 2.41 bits per heavy atom. The number of alkyl halides is 3. The summed E-state index contributed by atoms with van der Waals surface area (Å²) in [4.78, 5) is 11.4. The summed E-state index contributed by atoms with van der Waals surface area (Å²) in [5, 5.41) is 9.11. The zero-order chi connectivity index (χ0) is 20.6. The van der Waals surface area contributed by atoms with Gasteiger partial charge in [-0.05, 0) is 24.5 Å². The molecule has 0 aliphatic carbocycles. The quantitative estimate of drug-likeness (QED) is 0.223. The van der Waals surface area contributed by atoms with Gasteiger partial charge in [0.1, 0.15) is 5.69 Å². The van der Waals surface area contributed by atoms with Crippen LogP contribution in [0.1, 0.15) is 29.7 Å². The van der Waals surface area contributed by atoms with E-state index in [1.165, 1.54) is 11.1 Å². The maximum atomic E-state index is 12.6. The maximum Gasteiger partial charge on any atom is 0.433 e. The molecule has 0 saturated carbocycles. The van der Waals surface area contributed by atoms with Crippen molar-refractivity contribution in [3.63, 3.8) is 0 Å². The predicted octanol–water partition coefficient (Wildman–Crippen LogP) is 3.80. The molecule has 1 heterocycles. The smallest absolute Gasteiger partial charge is 0.356 e. The molecule has 160 valence electrons. The van der Waals surface area contributed by atoms with Crippen LogP contribution in [0.2, 0.25) is 0 Å². The summed E-state index contributed by atoms with van der Waals surface area (Å²) in [6, 6.07) is 9.22. The average molecular weight is 522 g/mol. The van der Waals surface area contributed by atoms with Crippen molar-refractivity contribution in [2.24, 2.45) is 4.99 Å². The lowest BCUT2D eigenvalue weighted by molar-refractivity contribution is -0.141. The molecular formula is C19H26F3IN6. The first-order chi connectivity index (χ1) is 13.3. The van der Waals surface area contributed by atoms with Gasteiger partial charge in [-0.2, -0.15) is 13.2 Å². The van der Waals surface area contributed by atoms with E-state index < -0.39 is 11.9 Å². The number of benzene rings is 1. The Kier molecular flexibility index (Phi) is 10.1. The Morgan fingerprint density at radius 1 is 1.10 bits per heavy atom. The Labute approximate surface area is 185 Å². The van der Waals surface area contributed by atoms with E-state index in [-0.39, 0.29) is 29.9 Å². The molecule has 0 amide bonds. The standard InChI is InChI=1S/C19H25F3N6.HI/c1-13-4-6-15(7-5-13)14(2)12-27-17(23-3)25-10-11-26-18-24-9-8-16(28-18)19(20,21)22;/h4-9,14H,10-12H2,1-3H3,(H2,23,25,27)(H,24,26,28);1H. The van der Waals surface area contributed by atoms with Crippen molar-refractivity contribution in [1.29, 1.82) is 0 Å². The fourth-order valence-electron chi connectivity index (χ4n) is 2.44. The van der Waals surface area contributed by atoms with Crippen molar-refractivity contribution in [3.8, 4) is 0 Å². The molecule has 2 aromatic rings. The molecule has 0 radical (unpaired) electrons. The molecule has 3 N–H and O–H groups in total.